The number of ether oxygens (including phenoxy) is 3. The molecule has 7 heteroatoms. The van der Waals surface area contributed by atoms with Crippen LogP contribution in [0.5, 0.6) is 23.0 Å². The highest BCUT2D eigenvalue weighted by Crippen LogP contribution is 2.38. The SMILES string of the molecule is COc1cc2c(ccc3c4cc(OC)c(OC)cc4c[n+](C)c23)cc1O.[Cl-].[Cl-]. The highest BCUT2D eigenvalue weighted by Gasteiger charge is 2.18. The van der Waals surface area contributed by atoms with E-state index in [0.29, 0.717) is 17.2 Å². The van der Waals surface area contributed by atoms with Crippen LogP contribution in [0.4, 0.5) is 0 Å². The fourth-order valence-corrected chi connectivity index (χ4v) is 3.59. The average molecular weight is 421 g/mol. The standard InChI is InChI=1S/C21H19NO4.2ClH/c1-22-11-13-8-19(25-3)20(26-4)9-15(13)14-6-5-12-7-17(23)18(24-2)10-16(12)21(14)22;;/h5-11H,1-4H3;2*1H/p-1. The Kier molecular flexibility index (Phi) is 6.32. The lowest BCUT2D eigenvalue weighted by molar-refractivity contribution is -0.642. The third-order valence-electron chi connectivity index (χ3n) is 4.82. The fraction of sp³-hybridized carbons (Fsp3) is 0.190. The highest BCUT2D eigenvalue weighted by molar-refractivity contribution is 6.14. The largest absolute Gasteiger partial charge is 1.00 e. The Morgan fingerprint density at radius 3 is 1.96 bits per heavy atom. The molecule has 0 fully saturated rings. The second-order valence-corrected chi connectivity index (χ2v) is 6.24. The van der Waals surface area contributed by atoms with Crippen molar-refractivity contribution in [1.29, 1.82) is 0 Å². The summed E-state index contributed by atoms with van der Waals surface area (Å²) in [5.74, 6) is 1.98. The van der Waals surface area contributed by atoms with E-state index in [0.717, 1.165) is 32.4 Å². The zero-order valence-electron chi connectivity index (χ0n) is 15.9. The van der Waals surface area contributed by atoms with Gasteiger partial charge in [0, 0.05) is 5.39 Å². The summed E-state index contributed by atoms with van der Waals surface area (Å²) in [5.41, 5.74) is 1.06. The van der Waals surface area contributed by atoms with Gasteiger partial charge in [0.05, 0.1) is 37.5 Å². The quantitative estimate of drug-likeness (QED) is 0.299. The van der Waals surface area contributed by atoms with E-state index in [4.69, 9.17) is 14.2 Å². The Morgan fingerprint density at radius 2 is 1.32 bits per heavy atom. The van der Waals surface area contributed by atoms with Gasteiger partial charge in [0.25, 0.3) is 0 Å². The van der Waals surface area contributed by atoms with Crippen molar-refractivity contribution in [2.45, 2.75) is 0 Å². The summed E-state index contributed by atoms with van der Waals surface area (Å²) in [6.45, 7) is 0. The van der Waals surface area contributed by atoms with Gasteiger partial charge in [-0.3, -0.25) is 0 Å². The van der Waals surface area contributed by atoms with Crippen LogP contribution >= 0.6 is 0 Å². The van der Waals surface area contributed by atoms with Crippen LogP contribution in [0.15, 0.2) is 42.6 Å². The first-order chi connectivity index (χ1) is 12.6. The second kappa shape index (κ2) is 8.17. The number of phenols is 1. The summed E-state index contributed by atoms with van der Waals surface area (Å²) in [6.07, 6.45) is 2.07. The molecule has 0 radical (unpaired) electrons. The van der Waals surface area contributed by atoms with Gasteiger partial charge in [-0.25, -0.2) is 0 Å². The number of methoxy groups -OCH3 is 3. The number of aromatic nitrogens is 1. The molecule has 0 aliphatic rings. The lowest BCUT2D eigenvalue weighted by atomic mass is 10.00. The van der Waals surface area contributed by atoms with E-state index in [1.165, 1.54) is 0 Å². The minimum absolute atomic E-state index is 0. The van der Waals surface area contributed by atoms with Crippen LogP contribution in [0.3, 0.4) is 0 Å². The van der Waals surface area contributed by atoms with E-state index < -0.39 is 0 Å². The number of hydrogen-bond acceptors (Lipinski definition) is 4. The van der Waals surface area contributed by atoms with Gasteiger partial charge in [-0.15, -0.1) is 0 Å². The van der Waals surface area contributed by atoms with Crippen molar-refractivity contribution >= 4 is 32.4 Å². The Hall–Kier alpha value is -2.63. The topological polar surface area (TPSA) is 51.8 Å². The van der Waals surface area contributed by atoms with Crippen LogP contribution in [-0.4, -0.2) is 26.4 Å². The molecule has 0 spiro atoms. The summed E-state index contributed by atoms with van der Waals surface area (Å²) < 4.78 is 18.3. The van der Waals surface area contributed by atoms with Gasteiger partial charge in [-0.05, 0) is 35.7 Å². The molecule has 0 aliphatic heterocycles. The normalized spacial score (nSPS) is 10.4. The van der Waals surface area contributed by atoms with Gasteiger partial charge in [0.1, 0.15) is 7.05 Å². The Bertz CT molecular complexity index is 1180. The first kappa shape index (κ1) is 21.7. The Labute approximate surface area is 175 Å². The van der Waals surface area contributed by atoms with Crippen LogP contribution in [0.25, 0.3) is 32.4 Å². The molecule has 5 nitrogen and oxygen atoms in total. The third kappa shape index (κ3) is 3.21. The van der Waals surface area contributed by atoms with Crippen LogP contribution in [0, 0.1) is 0 Å². The number of nitrogens with zero attached hydrogens (tertiary/aromatic N) is 1. The number of benzene rings is 3. The summed E-state index contributed by atoms with van der Waals surface area (Å²) in [5, 5.41) is 15.3. The van der Waals surface area contributed by atoms with E-state index in [1.54, 1.807) is 27.4 Å². The minimum Gasteiger partial charge on any atom is -1.00 e. The van der Waals surface area contributed by atoms with Crippen molar-refractivity contribution in [1.82, 2.24) is 0 Å². The molecule has 0 saturated carbocycles. The van der Waals surface area contributed by atoms with Crippen LogP contribution < -0.4 is 43.6 Å². The van der Waals surface area contributed by atoms with Crippen molar-refractivity contribution in [2.24, 2.45) is 7.05 Å². The number of aryl methyl sites for hydroxylation is 1. The molecule has 28 heavy (non-hydrogen) atoms. The zero-order valence-corrected chi connectivity index (χ0v) is 17.4. The van der Waals surface area contributed by atoms with Gasteiger partial charge >= 0.3 is 0 Å². The van der Waals surface area contributed by atoms with Gasteiger partial charge in [0.15, 0.2) is 29.2 Å². The number of pyridine rings is 1. The smallest absolute Gasteiger partial charge is 0.220 e. The molecule has 148 valence electrons. The number of phenolic OH excluding ortho intramolecular Hbond substituents is 1. The molecular weight excluding hydrogens is 401 g/mol. The number of fused-ring (bicyclic) bond motifs is 5. The lowest BCUT2D eigenvalue weighted by Gasteiger charge is -2.11. The van der Waals surface area contributed by atoms with E-state index in [9.17, 15) is 5.11 Å². The molecule has 0 aliphatic carbocycles. The second-order valence-electron chi connectivity index (χ2n) is 6.24. The molecule has 0 unspecified atom stereocenters. The van der Waals surface area contributed by atoms with Crippen LogP contribution in [0.2, 0.25) is 0 Å². The molecular formula is C21H20Cl2NO4-. The number of rotatable bonds is 3. The first-order valence-corrected chi connectivity index (χ1v) is 8.25. The number of halogens is 2. The minimum atomic E-state index is 0. The van der Waals surface area contributed by atoms with Crippen molar-refractivity contribution in [3.63, 3.8) is 0 Å². The van der Waals surface area contributed by atoms with Crippen molar-refractivity contribution < 1.29 is 48.7 Å². The molecule has 0 bridgehead atoms. The maximum atomic E-state index is 10.1. The van der Waals surface area contributed by atoms with E-state index in [1.807, 2.05) is 31.3 Å². The molecule has 1 aromatic heterocycles. The summed E-state index contributed by atoms with van der Waals surface area (Å²) in [6, 6.07) is 11.7. The van der Waals surface area contributed by atoms with Gasteiger partial charge < -0.3 is 44.1 Å². The number of hydrogen-bond donors (Lipinski definition) is 1. The monoisotopic (exact) mass is 420 g/mol. The van der Waals surface area contributed by atoms with E-state index in [2.05, 4.69) is 16.8 Å². The predicted octanol–water partition coefficient (Wildman–Crippen LogP) is -2.29. The highest BCUT2D eigenvalue weighted by atomic mass is 35.5. The average Bonchev–Trinajstić information content (AvgIpc) is 2.65. The molecule has 1 heterocycles. The van der Waals surface area contributed by atoms with Crippen molar-refractivity contribution in [3.8, 4) is 23.0 Å². The molecule has 3 aromatic carbocycles. The zero-order chi connectivity index (χ0) is 18.4. The van der Waals surface area contributed by atoms with Crippen molar-refractivity contribution in [3.05, 3.63) is 42.6 Å². The molecule has 4 rings (SSSR count). The maximum absolute atomic E-state index is 10.1. The molecule has 0 atom stereocenters. The molecule has 0 amide bonds. The number of aromatic hydroxyl groups is 1. The van der Waals surface area contributed by atoms with E-state index in [-0.39, 0.29) is 30.6 Å². The fourth-order valence-electron chi connectivity index (χ4n) is 3.59. The summed E-state index contributed by atoms with van der Waals surface area (Å²) >= 11 is 0. The molecule has 4 aromatic rings. The third-order valence-corrected chi connectivity index (χ3v) is 4.82. The first-order valence-electron chi connectivity index (χ1n) is 8.25. The Morgan fingerprint density at radius 1 is 0.714 bits per heavy atom. The molecule has 1 N–H and O–H groups in total. The molecule has 0 saturated heterocycles. The summed E-state index contributed by atoms with van der Waals surface area (Å²) in [4.78, 5) is 0. The Balaban J connectivity index is 0.00000140. The van der Waals surface area contributed by atoms with E-state index >= 15 is 0 Å². The maximum Gasteiger partial charge on any atom is 0.220 e. The van der Waals surface area contributed by atoms with Crippen molar-refractivity contribution in [2.75, 3.05) is 21.3 Å². The van der Waals surface area contributed by atoms with Gasteiger partial charge in [-0.2, -0.15) is 4.57 Å². The van der Waals surface area contributed by atoms with Gasteiger partial charge in [0.2, 0.25) is 5.52 Å². The summed E-state index contributed by atoms with van der Waals surface area (Å²) in [7, 11) is 6.84. The van der Waals surface area contributed by atoms with Crippen LogP contribution in [0.1, 0.15) is 0 Å². The lowest BCUT2D eigenvalue weighted by Crippen LogP contribution is -3.00. The van der Waals surface area contributed by atoms with Crippen LogP contribution in [-0.2, 0) is 7.05 Å². The predicted molar refractivity (Wildman–Crippen MR) is 101 cm³/mol. The van der Waals surface area contributed by atoms with Gasteiger partial charge in [-0.1, -0.05) is 6.07 Å².